The Labute approximate surface area is 403 Å². The molecule has 11 aromatic carbocycles. The first kappa shape index (κ1) is 39.2. The third-order valence-electron chi connectivity index (χ3n) is 14.8. The summed E-state index contributed by atoms with van der Waals surface area (Å²) in [7, 11) is 0. The standard InChI is InChI=1S/C67H44N2/c1-3-21-45(22-4-1)49-25-12-18-36-64(49)68(47-39-41-52-57-31-13-19-37-65(57)69(46-23-5-2-6-24-46)66-38-20-14-32-58(66)59(52)43-47)48-40-42-56-51-27-8-7-26-50(51)53-28-9-15-33-60(53)67(63(56)44-48)61-34-16-10-29-54(61)55-30-11-17-35-62(55)67/h1-44H. The van der Waals surface area contributed by atoms with Crippen molar-refractivity contribution in [2.75, 3.05) is 9.80 Å². The third-order valence-corrected chi connectivity index (χ3v) is 14.8. The minimum Gasteiger partial charge on any atom is -0.310 e. The van der Waals surface area contributed by atoms with Gasteiger partial charge in [0.05, 0.1) is 22.5 Å². The normalized spacial score (nSPS) is 13.0. The fourth-order valence-electron chi connectivity index (χ4n) is 12.0. The highest BCUT2D eigenvalue weighted by molar-refractivity contribution is 6.05. The maximum absolute atomic E-state index is 2.53. The van der Waals surface area contributed by atoms with E-state index in [0.717, 1.165) is 39.7 Å². The lowest BCUT2D eigenvalue weighted by Crippen LogP contribution is -2.29. The summed E-state index contributed by atoms with van der Waals surface area (Å²) in [6, 6.07) is 99.1. The van der Waals surface area contributed by atoms with Crippen LogP contribution in [0.3, 0.4) is 0 Å². The first-order valence-electron chi connectivity index (χ1n) is 23.9. The van der Waals surface area contributed by atoms with E-state index in [1.807, 2.05) is 0 Å². The van der Waals surface area contributed by atoms with Crippen molar-refractivity contribution in [3.05, 3.63) is 289 Å². The largest absolute Gasteiger partial charge is 0.310 e. The Hall–Kier alpha value is -8.98. The summed E-state index contributed by atoms with van der Waals surface area (Å²) in [6.45, 7) is 0. The Balaban J connectivity index is 1.08. The quantitative estimate of drug-likeness (QED) is 0.170. The smallest absolute Gasteiger partial charge is 0.0726 e. The number of rotatable bonds is 5. The fraction of sp³-hybridized carbons (Fsp3) is 0.0149. The second-order valence-electron chi connectivity index (χ2n) is 18.3. The maximum atomic E-state index is 2.53. The molecule has 0 N–H and O–H groups in total. The Morgan fingerprint density at radius 3 is 1.25 bits per heavy atom. The molecule has 2 heteroatoms. The average molecular weight is 877 g/mol. The minimum atomic E-state index is -0.615. The highest BCUT2D eigenvalue weighted by Crippen LogP contribution is 2.62. The zero-order valence-electron chi connectivity index (χ0n) is 37.8. The van der Waals surface area contributed by atoms with Crippen LogP contribution in [-0.4, -0.2) is 0 Å². The Bertz CT molecular complexity index is 3770. The molecule has 0 fully saturated rings. The molecular weight excluding hydrogens is 833 g/mol. The van der Waals surface area contributed by atoms with E-state index in [4.69, 9.17) is 0 Å². The van der Waals surface area contributed by atoms with Gasteiger partial charge in [0.2, 0.25) is 0 Å². The van der Waals surface area contributed by atoms with Crippen molar-refractivity contribution in [3.63, 3.8) is 0 Å². The molecule has 69 heavy (non-hydrogen) atoms. The molecule has 1 spiro atoms. The van der Waals surface area contributed by atoms with E-state index in [2.05, 4.69) is 277 Å². The van der Waals surface area contributed by atoms with Crippen LogP contribution in [0.2, 0.25) is 0 Å². The molecule has 0 saturated heterocycles. The molecule has 0 unspecified atom stereocenters. The number of fused-ring (bicyclic) bond motifs is 17. The molecule has 1 aliphatic heterocycles. The first-order chi connectivity index (χ1) is 34.3. The van der Waals surface area contributed by atoms with Crippen molar-refractivity contribution >= 4 is 34.1 Å². The van der Waals surface area contributed by atoms with Crippen LogP contribution >= 0.6 is 0 Å². The van der Waals surface area contributed by atoms with Gasteiger partial charge in [-0.1, -0.05) is 212 Å². The monoisotopic (exact) mass is 876 g/mol. The van der Waals surface area contributed by atoms with Crippen LogP contribution in [0.15, 0.2) is 267 Å². The third kappa shape index (κ3) is 5.79. The topological polar surface area (TPSA) is 6.48 Å². The second kappa shape index (κ2) is 15.6. The summed E-state index contributed by atoms with van der Waals surface area (Å²) in [6.07, 6.45) is 0. The molecule has 2 aliphatic carbocycles. The van der Waals surface area contributed by atoms with Gasteiger partial charge in [-0.15, -0.1) is 0 Å². The maximum Gasteiger partial charge on any atom is 0.0726 e. The van der Waals surface area contributed by atoms with Crippen molar-refractivity contribution in [1.82, 2.24) is 0 Å². The molecule has 2 nitrogen and oxygen atoms in total. The predicted molar refractivity (Wildman–Crippen MR) is 287 cm³/mol. The van der Waals surface area contributed by atoms with Crippen molar-refractivity contribution in [2.24, 2.45) is 0 Å². The van der Waals surface area contributed by atoms with Gasteiger partial charge in [0.15, 0.2) is 0 Å². The number of nitrogens with zero attached hydrogens (tertiary/aromatic N) is 2. The highest BCUT2D eigenvalue weighted by Gasteiger charge is 2.50. The minimum absolute atomic E-state index is 0.615. The Kier molecular flexibility index (Phi) is 8.84. The van der Waals surface area contributed by atoms with E-state index in [9.17, 15) is 0 Å². The fourth-order valence-corrected chi connectivity index (χ4v) is 12.0. The molecular formula is C67H44N2. The van der Waals surface area contributed by atoms with E-state index >= 15 is 0 Å². The predicted octanol–water partition coefficient (Wildman–Crippen LogP) is 18.0. The summed E-state index contributed by atoms with van der Waals surface area (Å²) in [5.74, 6) is 0. The van der Waals surface area contributed by atoms with E-state index in [1.165, 1.54) is 83.5 Å². The number of hydrogen-bond donors (Lipinski definition) is 0. The van der Waals surface area contributed by atoms with Crippen molar-refractivity contribution < 1.29 is 0 Å². The van der Waals surface area contributed by atoms with Gasteiger partial charge in [0.25, 0.3) is 0 Å². The van der Waals surface area contributed by atoms with Crippen molar-refractivity contribution in [3.8, 4) is 66.8 Å². The van der Waals surface area contributed by atoms with Gasteiger partial charge in [0.1, 0.15) is 0 Å². The summed E-state index contributed by atoms with van der Waals surface area (Å²) >= 11 is 0. The number of anilines is 6. The average Bonchev–Trinajstić information content (AvgIpc) is 3.59. The molecule has 0 aromatic heterocycles. The van der Waals surface area contributed by atoms with Gasteiger partial charge >= 0.3 is 0 Å². The summed E-state index contributed by atoms with van der Waals surface area (Å²) in [5, 5.41) is 0. The summed E-state index contributed by atoms with van der Waals surface area (Å²) < 4.78 is 0. The number of hydrogen-bond acceptors (Lipinski definition) is 2. The van der Waals surface area contributed by atoms with Crippen molar-refractivity contribution in [1.29, 1.82) is 0 Å². The zero-order valence-corrected chi connectivity index (χ0v) is 37.8. The van der Waals surface area contributed by atoms with Crippen LogP contribution < -0.4 is 9.80 Å². The molecule has 322 valence electrons. The molecule has 0 saturated carbocycles. The molecule has 14 rings (SSSR count). The molecule has 0 bridgehead atoms. The zero-order chi connectivity index (χ0) is 45.5. The second-order valence-corrected chi connectivity index (χ2v) is 18.3. The SMILES string of the molecule is c1ccc(-c2ccccc2N(c2ccc3c(c2)-c2ccccc2N(c2ccccc2)c2ccccc2-3)c2ccc3c(c2)C2(c4ccccc4-c4ccccc4-3)c3ccccc3-c3ccccc32)cc1. The van der Waals surface area contributed by atoms with E-state index in [1.54, 1.807) is 0 Å². The molecule has 11 aromatic rings. The van der Waals surface area contributed by atoms with Crippen LogP contribution in [0.1, 0.15) is 22.3 Å². The van der Waals surface area contributed by atoms with Gasteiger partial charge in [-0.2, -0.15) is 0 Å². The Morgan fingerprint density at radius 1 is 0.261 bits per heavy atom. The number of para-hydroxylation sites is 4. The molecule has 0 atom stereocenters. The summed E-state index contributed by atoms with van der Waals surface area (Å²) in [5.41, 5.74) is 25.9. The van der Waals surface area contributed by atoms with Gasteiger partial charge in [-0.05, 0) is 127 Å². The van der Waals surface area contributed by atoms with Crippen molar-refractivity contribution in [2.45, 2.75) is 5.41 Å². The van der Waals surface area contributed by atoms with Crippen LogP contribution in [-0.2, 0) is 5.41 Å². The highest BCUT2D eigenvalue weighted by atomic mass is 15.2. The van der Waals surface area contributed by atoms with Gasteiger partial charge in [-0.25, -0.2) is 0 Å². The first-order valence-corrected chi connectivity index (χ1v) is 23.9. The molecule has 0 radical (unpaired) electrons. The molecule has 3 aliphatic rings. The lowest BCUT2D eigenvalue weighted by Gasteiger charge is -2.36. The van der Waals surface area contributed by atoms with Crippen LogP contribution in [0.4, 0.5) is 34.1 Å². The van der Waals surface area contributed by atoms with Crippen LogP contribution in [0.25, 0.3) is 66.8 Å². The van der Waals surface area contributed by atoms with E-state index in [0.29, 0.717) is 0 Å². The van der Waals surface area contributed by atoms with E-state index in [-0.39, 0.29) is 0 Å². The van der Waals surface area contributed by atoms with Gasteiger partial charge in [-0.3, -0.25) is 0 Å². The number of benzene rings is 11. The van der Waals surface area contributed by atoms with E-state index < -0.39 is 5.41 Å². The lowest BCUT2D eigenvalue weighted by atomic mass is 9.66. The lowest BCUT2D eigenvalue weighted by molar-refractivity contribution is 0.775. The molecule has 1 heterocycles. The van der Waals surface area contributed by atoms with Crippen LogP contribution in [0.5, 0.6) is 0 Å². The van der Waals surface area contributed by atoms with Gasteiger partial charge in [0, 0.05) is 33.8 Å². The van der Waals surface area contributed by atoms with Crippen LogP contribution in [0, 0.1) is 0 Å². The molecule has 0 amide bonds. The summed E-state index contributed by atoms with van der Waals surface area (Å²) in [4.78, 5) is 4.94. The Morgan fingerprint density at radius 2 is 0.652 bits per heavy atom. The van der Waals surface area contributed by atoms with Gasteiger partial charge < -0.3 is 9.80 Å².